The molecule has 0 fully saturated rings. The molecule has 2 aromatic carbocycles. The molecule has 0 saturated heterocycles. The van der Waals surface area contributed by atoms with Crippen molar-refractivity contribution in [2.24, 2.45) is 0 Å². The highest BCUT2D eigenvalue weighted by Gasteiger charge is 2.17. The number of carbonyl (C=O) groups excluding carboxylic acids is 2. The molecule has 6 heteroatoms. The predicted octanol–water partition coefficient (Wildman–Crippen LogP) is 3.39. The Morgan fingerprint density at radius 2 is 1.77 bits per heavy atom. The van der Waals surface area contributed by atoms with Gasteiger partial charge in [-0.1, -0.05) is 24.3 Å². The number of nitrogens with one attached hydrogen (secondary N) is 2. The minimum Gasteiger partial charge on any atom is -0.481 e. The molecule has 5 nitrogen and oxygen atoms in total. The zero-order valence-corrected chi connectivity index (χ0v) is 16.3. The number of hydrogen-bond acceptors (Lipinski definition) is 4. The molecule has 0 aliphatic rings. The van der Waals surface area contributed by atoms with Gasteiger partial charge in [0.2, 0.25) is 0 Å². The van der Waals surface area contributed by atoms with Crippen LogP contribution in [0.4, 0.5) is 0 Å². The summed E-state index contributed by atoms with van der Waals surface area (Å²) in [6, 6.07) is 13.0. The number of ether oxygens (including phenoxy) is 1. The summed E-state index contributed by atoms with van der Waals surface area (Å²) in [6.07, 6.45) is 1.29. The molecular weight excluding hydrogens is 348 g/mol. The van der Waals surface area contributed by atoms with E-state index < -0.39 is 12.0 Å². The molecule has 0 radical (unpaired) electrons. The van der Waals surface area contributed by atoms with E-state index in [0.717, 1.165) is 22.4 Å². The van der Waals surface area contributed by atoms with E-state index in [1.165, 1.54) is 0 Å². The number of amides is 2. The van der Waals surface area contributed by atoms with Crippen LogP contribution >= 0.6 is 11.8 Å². The van der Waals surface area contributed by atoms with E-state index in [1.54, 1.807) is 30.8 Å². The Labute approximate surface area is 158 Å². The lowest BCUT2D eigenvalue weighted by atomic mass is 10.1. The van der Waals surface area contributed by atoms with Gasteiger partial charge in [-0.2, -0.15) is 11.8 Å². The summed E-state index contributed by atoms with van der Waals surface area (Å²) in [5, 5.41) is 0. The van der Waals surface area contributed by atoms with Gasteiger partial charge in [-0.15, -0.1) is 0 Å². The first kappa shape index (κ1) is 19.8. The zero-order valence-electron chi connectivity index (χ0n) is 15.5. The van der Waals surface area contributed by atoms with Crippen LogP contribution in [0, 0.1) is 13.8 Å². The van der Waals surface area contributed by atoms with E-state index in [4.69, 9.17) is 4.74 Å². The molecule has 0 saturated carbocycles. The van der Waals surface area contributed by atoms with E-state index in [0.29, 0.717) is 11.3 Å². The van der Waals surface area contributed by atoms with Crippen LogP contribution < -0.4 is 15.6 Å². The van der Waals surface area contributed by atoms with Gasteiger partial charge in [0.15, 0.2) is 6.10 Å². The van der Waals surface area contributed by atoms with Crippen molar-refractivity contribution >= 4 is 23.6 Å². The van der Waals surface area contributed by atoms with Gasteiger partial charge in [0.25, 0.3) is 11.8 Å². The number of benzene rings is 2. The summed E-state index contributed by atoms with van der Waals surface area (Å²) in [4.78, 5) is 24.3. The Kier molecular flexibility index (Phi) is 7.09. The normalized spacial score (nSPS) is 11.5. The lowest BCUT2D eigenvalue weighted by molar-refractivity contribution is -0.128. The Hall–Kier alpha value is -2.47. The Balaban J connectivity index is 1.88. The topological polar surface area (TPSA) is 67.4 Å². The first-order valence-electron chi connectivity index (χ1n) is 8.33. The zero-order chi connectivity index (χ0) is 19.1. The standard InChI is InChI=1S/C20H24N2O3S/c1-13-6-5-7-18(14(13)2)25-15(3)19(23)21-22-20(24)17-10-8-16(9-11-17)12-26-4/h5-11,15H,12H2,1-4H3,(H,21,23)(H,22,24). The Bertz CT molecular complexity index is 775. The fourth-order valence-corrected chi connectivity index (χ4v) is 2.83. The number of hydrazine groups is 1. The maximum atomic E-state index is 12.2. The smallest absolute Gasteiger partial charge is 0.279 e. The largest absolute Gasteiger partial charge is 0.481 e. The van der Waals surface area contributed by atoms with Crippen LogP contribution in [-0.2, 0) is 10.5 Å². The van der Waals surface area contributed by atoms with Crippen LogP contribution in [-0.4, -0.2) is 24.2 Å². The molecule has 0 aliphatic heterocycles. The number of hydrogen-bond donors (Lipinski definition) is 2. The summed E-state index contributed by atoms with van der Waals surface area (Å²) < 4.78 is 5.70. The summed E-state index contributed by atoms with van der Waals surface area (Å²) in [5.74, 6) is 0.765. The third-order valence-electron chi connectivity index (χ3n) is 4.05. The second-order valence-electron chi connectivity index (χ2n) is 6.03. The Morgan fingerprint density at radius 3 is 2.42 bits per heavy atom. The average molecular weight is 372 g/mol. The SMILES string of the molecule is CSCc1ccc(C(=O)NNC(=O)C(C)Oc2cccc(C)c2C)cc1. The molecule has 2 rings (SSSR count). The molecule has 1 unspecified atom stereocenters. The van der Waals surface area contributed by atoms with Crippen molar-refractivity contribution in [3.8, 4) is 5.75 Å². The van der Waals surface area contributed by atoms with Crippen molar-refractivity contribution in [3.05, 3.63) is 64.7 Å². The molecule has 0 aromatic heterocycles. The fourth-order valence-electron chi connectivity index (χ4n) is 2.31. The van der Waals surface area contributed by atoms with Crippen molar-refractivity contribution < 1.29 is 14.3 Å². The van der Waals surface area contributed by atoms with Crippen LogP contribution in [0.3, 0.4) is 0 Å². The third-order valence-corrected chi connectivity index (χ3v) is 4.68. The minimum absolute atomic E-state index is 0.368. The van der Waals surface area contributed by atoms with E-state index in [-0.39, 0.29) is 5.91 Å². The quantitative estimate of drug-likeness (QED) is 0.763. The highest BCUT2D eigenvalue weighted by Crippen LogP contribution is 2.21. The third kappa shape index (κ3) is 5.26. The van der Waals surface area contributed by atoms with Crippen molar-refractivity contribution in [1.29, 1.82) is 0 Å². The highest BCUT2D eigenvalue weighted by molar-refractivity contribution is 7.97. The molecule has 2 aromatic rings. The lowest BCUT2D eigenvalue weighted by Gasteiger charge is -2.17. The van der Waals surface area contributed by atoms with Crippen LogP contribution in [0.15, 0.2) is 42.5 Å². The van der Waals surface area contributed by atoms with Gasteiger partial charge in [0.05, 0.1) is 0 Å². The van der Waals surface area contributed by atoms with Gasteiger partial charge in [-0.25, -0.2) is 0 Å². The van der Waals surface area contributed by atoms with Crippen LogP contribution in [0.5, 0.6) is 5.75 Å². The average Bonchev–Trinajstić information content (AvgIpc) is 2.64. The second kappa shape index (κ2) is 9.29. The van der Waals surface area contributed by atoms with Crippen molar-refractivity contribution in [1.82, 2.24) is 10.9 Å². The van der Waals surface area contributed by atoms with E-state index in [2.05, 4.69) is 10.9 Å². The van der Waals surface area contributed by atoms with Gasteiger partial charge >= 0.3 is 0 Å². The molecule has 0 spiro atoms. The molecule has 1 atom stereocenters. The molecule has 0 heterocycles. The van der Waals surface area contributed by atoms with E-state index >= 15 is 0 Å². The van der Waals surface area contributed by atoms with Gasteiger partial charge in [-0.3, -0.25) is 20.4 Å². The molecule has 0 bridgehead atoms. The maximum Gasteiger partial charge on any atom is 0.279 e. The molecule has 26 heavy (non-hydrogen) atoms. The van der Waals surface area contributed by atoms with Crippen molar-refractivity contribution in [3.63, 3.8) is 0 Å². The summed E-state index contributed by atoms with van der Waals surface area (Å²) >= 11 is 1.72. The first-order chi connectivity index (χ1) is 12.4. The van der Waals surface area contributed by atoms with Crippen molar-refractivity contribution in [2.45, 2.75) is 32.6 Å². The van der Waals surface area contributed by atoms with Gasteiger partial charge in [-0.05, 0) is 61.9 Å². The molecular formula is C20H24N2O3S. The van der Waals surface area contributed by atoms with Gasteiger partial charge < -0.3 is 4.74 Å². The molecule has 0 aliphatic carbocycles. The number of carbonyl (C=O) groups is 2. The summed E-state index contributed by atoms with van der Waals surface area (Å²) in [7, 11) is 0. The van der Waals surface area contributed by atoms with Crippen LogP contribution in [0.1, 0.15) is 34.0 Å². The minimum atomic E-state index is -0.736. The fraction of sp³-hybridized carbons (Fsp3) is 0.300. The monoisotopic (exact) mass is 372 g/mol. The predicted molar refractivity (Wildman–Crippen MR) is 105 cm³/mol. The second-order valence-corrected chi connectivity index (χ2v) is 6.90. The molecule has 138 valence electrons. The van der Waals surface area contributed by atoms with Gasteiger partial charge in [0, 0.05) is 11.3 Å². The highest BCUT2D eigenvalue weighted by atomic mass is 32.2. The van der Waals surface area contributed by atoms with Crippen molar-refractivity contribution in [2.75, 3.05) is 6.26 Å². The summed E-state index contributed by atoms with van der Waals surface area (Å²) in [6.45, 7) is 5.57. The van der Waals surface area contributed by atoms with Gasteiger partial charge in [0.1, 0.15) is 5.75 Å². The number of thioether (sulfide) groups is 1. The van der Waals surface area contributed by atoms with E-state index in [9.17, 15) is 9.59 Å². The maximum absolute atomic E-state index is 12.2. The molecule has 2 amide bonds. The van der Waals surface area contributed by atoms with Crippen LogP contribution in [0.25, 0.3) is 0 Å². The van der Waals surface area contributed by atoms with E-state index in [1.807, 2.05) is 50.4 Å². The first-order valence-corrected chi connectivity index (χ1v) is 9.72. The Morgan fingerprint density at radius 1 is 1.08 bits per heavy atom. The summed E-state index contributed by atoms with van der Waals surface area (Å²) in [5.41, 5.74) is 8.54. The lowest BCUT2D eigenvalue weighted by Crippen LogP contribution is -2.47. The van der Waals surface area contributed by atoms with Crippen LogP contribution in [0.2, 0.25) is 0 Å². The number of aryl methyl sites for hydroxylation is 1. The molecule has 2 N–H and O–H groups in total. The number of rotatable bonds is 6.